The fourth-order valence-electron chi connectivity index (χ4n) is 3.85. The summed E-state index contributed by atoms with van der Waals surface area (Å²) in [7, 11) is 0. The number of aromatic amines is 1. The van der Waals surface area contributed by atoms with Gasteiger partial charge >= 0.3 is 0 Å². The number of alkyl halides is 2. The lowest BCUT2D eigenvalue weighted by Gasteiger charge is -2.35. The molecule has 1 fully saturated rings. The monoisotopic (exact) mass is 426 g/mol. The summed E-state index contributed by atoms with van der Waals surface area (Å²) in [6.45, 7) is 1.90. The predicted molar refractivity (Wildman–Crippen MR) is 113 cm³/mol. The maximum Gasteiger partial charge on any atom is 0.295 e. The van der Waals surface area contributed by atoms with Gasteiger partial charge in [0.05, 0.1) is 11.0 Å². The molecule has 162 valence electrons. The molecule has 0 aliphatic carbocycles. The van der Waals surface area contributed by atoms with Crippen molar-refractivity contribution in [2.24, 2.45) is 0 Å². The minimum Gasteiger partial charge on any atom is -0.339 e. The minimum absolute atomic E-state index is 0.112. The zero-order valence-electron chi connectivity index (χ0n) is 17.1. The number of hydrogen-bond acceptors (Lipinski definition) is 3. The van der Waals surface area contributed by atoms with Gasteiger partial charge in [-0.1, -0.05) is 30.3 Å². The Morgan fingerprint density at radius 2 is 1.71 bits per heavy atom. The first-order chi connectivity index (χ1) is 15.0. The molecule has 1 N–H and O–H groups in total. The Morgan fingerprint density at radius 3 is 2.42 bits per heavy atom. The van der Waals surface area contributed by atoms with E-state index in [9.17, 15) is 18.4 Å². The van der Waals surface area contributed by atoms with Crippen molar-refractivity contribution in [1.82, 2.24) is 19.8 Å². The van der Waals surface area contributed by atoms with Gasteiger partial charge in [0.2, 0.25) is 5.91 Å². The van der Waals surface area contributed by atoms with Gasteiger partial charge in [0.1, 0.15) is 0 Å². The number of amides is 2. The van der Waals surface area contributed by atoms with E-state index in [4.69, 9.17) is 0 Å². The number of aryl methyl sites for hydroxylation is 1. The van der Waals surface area contributed by atoms with Crippen LogP contribution >= 0.6 is 0 Å². The topological polar surface area (TPSA) is 69.3 Å². The molecule has 1 aromatic heterocycles. The van der Waals surface area contributed by atoms with E-state index in [0.717, 1.165) is 12.8 Å². The van der Waals surface area contributed by atoms with Gasteiger partial charge in [-0.05, 0) is 36.6 Å². The molecule has 1 aliphatic rings. The molecular weight excluding hydrogens is 402 g/mol. The Morgan fingerprint density at radius 1 is 1.00 bits per heavy atom. The number of nitrogens with zero attached hydrogens (tertiary/aromatic N) is 3. The number of nitrogens with one attached hydrogen (secondary N) is 1. The van der Waals surface area contributed by atoms with Crippen molar-refractivity contribution in [2.45, 2.75) is 25.7 Å². The fourth-order valence-corrected chi connectivity index (χ4v) is 3.85. The SMILES string of the molecule is O=C(CCCc1ccccc1)N1CCN(C(=O)c2ccc3nc(C(F)F)[nH]c3c2)CC1. The summed E-state index contributed by atoms with van der Waals surface area (Å²) in [5.74, 6) is -0.466. The smallest absolute Gasteiger partial charge is 0.295 e. The zero-order valence-corrected chi connectivity index (χ0v) is 17.1. The highest BCUT2D eigenvalue weighted by molar-refractivity contribution is 5.97. The van der Waals surface area contributed by atoms with E-state index in [1.54, 1.807) is 23.1 Å². The quantitative estimate of drug-likeness (QED) is 0.652. The number of halogens is 2. The van der Waals surface area contributed by atoms with Gasteiger partial charge in [0.25, 0.3) is 12.3 Å². The van der Waals surface area contributed by atoms with E-state index < -0.39 is 12.2 Å². The van der Waals surface area contributed by atoms with Crippen molar-refractivity contribution in [3.8, 4) is 0 Å². The largest absolute Gasteiger partial charge is 0.339 e. The minimum atomic E-state index is -2.69. The van der Waals surface area contributed by atoms with Gasteiger partial charge in [0.15, 0.2) is 5.82 Å². The number of piperazine rings is 1. The Kier molecular flexibility index (Phi) is 6.25. The Hall–Kier alpha value is -3.29. The first kappa shape index (κ1) is 21.0. The Labute approximate surface area is 178 Å². The van der Waals surface area contributed by atoms with Gasteiger partial charge in [-0.2, -0.15) is 0 Å². The third-order valence-corrected chi connectivity index (χ3v) is 5.57. The van der Waals surface area contributed by atoms with Crippen LogP contribution < -0.4 is 0 Å². The van der Waals surface area contributed by atoms with Crippen LogP contribution in [0.25, 0.3) is 11.0 Å². The summed E-state index contributed by atoms with van der Waals surface area (Å²) in [5, 5.41) is 0. The van der Waals surface area contributed by atoms with Gasteiger partial charge < -0.3 is 14.8 Å². The lowest BCUT2D eigenvalue weighted by molar-refractivity contribution is -0.132. The van der Waals surface area contributed by atoms with Gasteiger partial charge in [0, 0.05) is 38.2 Å². The lowest BCUT2D eigenvalue weighted by Crippen LogP contribution is -2.50. The average molecular weight is 426 g/mol. The summed E-state index contributed by atoms with van der Waals surface area (Å²) >= 11 is 0. The second kappa shape index (κ2) is 9.24. The molecule has 0 spiro atoms. The molecule has 0 saturated carbocycles. The van der Waals surface area contributed by atoms with Crippen LogP contribution in [-0.2, 0) is 11.2 Å². The molecule has 2 heterocycles. The van der Waals surface area contributed by atoms with E-state index in [2.05, 4.69) is 22.1 Å². The second-order valence-corrected chi connectivity index (χ2v) is 7.67. The average Bonchev–Trinajstić information content (AvgIpc) is 3.23. The lowest BCUT2D eigenvalue weighted by atomic mass is 10.1. The third-order valence-electron chi connectivity index (χ3n) is 5.57. The number of hydrogen-bond donors (Lipinski definition) is 1. The van der Waals surface area contributed by atoms with Crippen molar-refractivity contribution in [3.63, 3.8) is 0 Å². The van der Waals surface area contributed by atoms with Crippen LogP contribution in [0.3, 0.4) is 0 Å². The van der Waals surface area contributed by atoms with Crippen LogP contribution in [0, 0.1) is 0 Å². The number of H-pyrrole nitrogens is 1. The van der Waals surface area contributed by atoms with Gasteiger partial charge in [-0.25, -0.2) is 13.8 Å². The number of benzene rings is 2. The highest BCUT2D eigenvalue weighted by atomic mass is 19.3. The molecule has 1 saturated heterocycles. The van der Waals surface area contributed by atoms with E-state index in [1.165, 1.54) is 5.56 Å². The highest BCUT2D eigenvalue weighted by Gasteiger charge is 2.25. The van der Waals surface area contributed by atoms with Crippen LogP contribution in [-0.4, -0.2) is 57.8 Å². The molecule has 31 heavy (non-hydrogen) atoms. The molecule has 0 atom stereocenters. The standard InChI is InChI=1S/C23H24F2N4O2/c24-21(25)22-26-18-10-9-17(15-19(18)27-22)23(31)29-13-11-28(12-14-29)20(30)8-4-7-16-5-2-1-3-6-16/h1-3,5-6,9-10,15,21H,4,7-8,11-14H2,(H,26,27). The van der Waals surface area contributed by atoms with Crippen LogP contribution in [0.4, 0.5) is 8.78 Å². The van der Waals surface area contributed by atoms with E-state index >= 15 is 0 Å². The molecule has 2 amide bonds. The van der Waals surface area contributed by atoms with Crippen molar-refractivity contribution in [2.75, 3.05) is 26.2 Å². The van der Waals surface area contributed by atoms with Crippen molar-refractivity contribution < 1.29 is 18.4 Å². The van der Waals surface area contributed by atoms with Crippen LogP contribution in [0.5, 0.6) is 0 Å². The predicted octanol–water partition coefficient (Wildman–Crippen LogP) is 3.81. The summed E-state index contributed by atoms with van der Waals surface area (Å²) in [6.07, 6.45) is -0.530. The normalized spacial score (nSPS) is 14.4. The first-order valence-electron chi connectivity index (χ1n) is 10.4. The number of carbonyl (C=O) groups is 2. The Bertz CT molecular complexity index is 1060. The van der Waals surface area contributed by atoms with Gasteiger partial charge in [-0.15, -0.1) is 0 Å². The maximum atomic E-state index is 12.8. The summed E-state index contributed by atoms with van der Waals surface area (Å²) in [5.41, 5.74) is 2.45. The number of aromatic nitrogens is 2. The highest BCUT2D eigenvalue weighted by Crippen LogP contribution is 2.21. The summed E-state index contributed by atoms with van der Waals surface area (Å²) in [4.78, 5) is 35.2. The molecule has 0 bridgehead atoms. The van der Waals surface area contributed by atoms with Crippen LogP contribution in [0.1, 0.15) is 41.0 Å². The first-order valence-corrected chi connectivity index (χ1v) is 10.4. The van der Waals surface area contributed by atoms with E-state index in [0.29, 0.717) is 49.2 Å². The van der Waals surface area contributed by atoms with Crippen molar-refractivity contribution >= 4 is 22.8 Å². The fraction of sp³-hybridized carbons (Fsp3) is 0.348. The molecule has 6 nitrogen and oxygen atoms in total. The molecule has 3 aromatic rings. The second-order valence-electron chi connectivity index (χ2n) is 7.67. The molecule has 8 heteroatoms. The van der Waals surface area contributed by atoms with Gasteiger partial charge in [-0.3, -0.25) is 9.59 Å². The third kappa shape index (κ3) is 4.90. The summed E-state index contributed by atoms with van der Waals surface area (Å²) < 4.78 is 25.6. The molecule has 2 aromatic carbocycles. The van der Waals surface area contributed by atoms with Crippen molar-refractivity contribution in [3.05, 3.63) is 65.5 Å². The maximum absolute atomic E-state index is 12.8. The molecular formula is C23H24F2N4O2. The number of fused-ring (bicyclic) bond motifs is 1. The number of rotatable bonds is 6. The van der Waals surface area contributed by atoms with Crippen LogP contribution in [0.15, 0.2) is 48.5 Å². The molecule has 0 radical (unpaired) electrons. The molecule has 0 unspecified atom stereocenters. The molecule has 1 aliphatic heterocycles. The number of imidazole rings is 1. The van der Waals surface area contributed by atoms with Crippen LogP contribution in [0.2, 0.25) is 0 Å². The zero-order chi connectivity index (χ0) is 21.8. The molecule has 4 rings (SSSR count). The van der Waals surface area contributed by atoms with E-state index in [1.807, 2.05) is 23.1 Å². The summed E-state index contributed by atoms with van der Waals surface area (Å²) in [6, 6.07) is 14.8. The number of carbonyl (C=O) groups excluding carboxylic acids is 2. The van der Waals surface area contributed by atoms with Crippen molar-refractivity contribution in [1.29, 1.82) is 0 Å². The Balaban J connectivity index is 1.29. The van der Waals surface area contributed by atoms with E-state index in [-0.39, 0.29) is 11.8 Å².